The van der Waals surface area contributed by atoms with Crippen molar-refractivity contribution in [1.29, 1.82) is 0 Å². The molecule has 3 aromatic heterocycles. The van der Waals surface area contributed by atoms with E-state index in [2.05, 4.69) is 58.3 Å². The number of nitrogens with zero attached hydrogens (tertiary/aromatic N) is 2. The van der Waals surface area contributed by atoms with Gasteiger partial charge < -0.3 is 4.98 Å². The molecule has 0 fully saturated rings. The van der Waals surface area contributed by atoms with E-state index in [4.69, 9.17) is 0 Å². The van der Waals surface area contributed by atoms with Crippen LogP contribution in [0.3, 0.4) is 0 Å². The van der Waals surface area contributed by atoms with Crippen LogP contribution in [0.25, 0.3) is 22.3 Å². The summed E-state index contributed by atoms with van der Waals surface area (Å²) in [6.07, 6.45) is 2.05. The molecule has 4 aromatic rings. The minimum atomic E-state index is 0.00291. The van der Waals surface area contributed by atoms with E-state index in [0.717, 1.165) is 33.5 Å². The number of aromatic nitrogens is 4. The second-order valence-electron chi connectivity index (χ2n) is 7.20. The third-order valence-electron chi connectivity index (χ3n) is 5.08. The Bertz CT molecular complexity index is 1170. The number of aryl methyl sites for hydroxylation is 3. The van der Waals surface area contributed by atoms with Gasteiger partial charge in [0, 0.05) is 40.5 Å². The number of Topliss-reactive ketones (excluding diaryl/α,β-unsaturated/α-hetero) is 1. The summed E-state index contributed by atoms with van der Waals surface area (Å²) in [4.78, 5) is 20.5. The second kappa shape index (κ2) is 6.50. The van der Waals surface area contributed by atoms with Crippen LogP contribution in [-0.2, 0) is 6.42 Å². The summed E-state index contributed by atoms with van der Waals surface area (Å²) in [5, 5.41) is 8.01. The number of nitrogens with one attached hydrogen (secondary N) is 2. The lowest BCUT2D eigenvalue weighted by Gasteiger charge is -2.04. The van der Waals surface area contributed by atoms with E-state index in [9.17, 15) is 4.79 Å². The number of benzene rings is 1. The van der Waals surface area contributed by atoms with Crippen molar-refractivity contribution in [2.24, 2.45) is 0 Å². The predicted molar refractivity (Wildman–Crippen MR) is 107 cm³/mol. The lowest BCUT2D eigenvalue weighted by Crippen LogP contribution is -2.06. The average molecular weight is 358 g/mol. The maximum absolute atomic E-state index is 12.6. The van der Waals surface area contributed by atoms with E-state index in [1.54, 1.807) is 6.20 Å². The van der Waals surface area contributed by atoms with Gasteiger partial charge in [-0.2, -0.15) is 5.10 Å². The lowest BCUT2D eigenvalue weighted by atomic mass is 10.0. The Morgan fingerprint density at radius 3 is 2.59 bits per heavy atom. The number of aromatic amines is 2. The molecule has 3 heterocycles. The number of pyridine rings is 1. The molecule has 0 saturated heterocycles. The molecule has 5 heteroatoms. The summed E-state index contributed by atoms with van der Waals surface area (Å²) in [6.45, 7) is 8.03. The maximum Gasteiger partial charge on any atom is 0.187 e. The Kier molecular flexibility index (Phi) is 4.15. The summed E-state index contributed by atoms with van der Waals surface area (Å²) in [6, 6.07) is 10.5. The second-order valence-corrected chi connectivity index (χ2v) is 7.20. The zero-order chi connectivity index (χ0) is 19.1. The van der Waals surface area contributed by atoms with Crippen molar-refractivity contribution in [1.82, 2.24) is 20.2 Å². The first-order chi connectivity index (χ1) is 12.9. The van der Waals surface area contributed by atoms with Gasteiger partial charge in [0.25, 0.3) is 0 Å². The molecule has 0 unspecified atom stereocenters. The lowest BCUT2D eigenvalue weighted by molar-refractivity contribution is 0.0987. The Morgan fingerprint density at radius 2 is 1.89 bits per heavy atom. The Hall–Kier alpha value is -3.21. The van der Waals surface area contributed by atoms with Crippen molar-refractivity contribution in [3.05, 3.63) is 70.2 Å². The van der Waals surface area contributed by atoms with Crippen LogP contribution in [0, 0.1) is 27.7 Å². The molecule has 0 radical (unpaired) electrons. The number of ketones is 1. The van der Waals surface area contributed by atoms with Gasteiger partial charge in [-0.15, -0.1) is 0 Å². The highest BCUT2D eigenvalue weighted by molar-refractivity contribution is 5.97. The average Bonchev–Trinajstić information content (AvgIpc) is 3.18. The number of rotatable bonds is 4. The van der Waals surface area contributed by atoms with Crippen LogP contribution in [0.15, 0.2) is 36.5 Å². The van der Waals surface area contributed by atoms with Gasteiger partial charge in [0.05, 0.1) is 0 Å². The Labute approximate surface area is 157 Å². The van der Waals surface area contributed by atoms with Gasteiger partial charge in [0.1, 0.15) is 11.3 Å². The normalized spacial score (nSPS) is 11.3. The predicted octanol–water partition coefficient (Wildman–Crippen LogP) is 4.61. The van der Waals surface area contributed by atoms with Crippen molar-refractivity contribution >= 4 is 16.8 Å². The molecule has 0 aliphatic carbocycles. The van der Waals surface area contributed by atoms with E-state index in [0.29, 0.717) is 5.69 Å². The van der Waals surface area contributed by atoms with Crippen molar-refractivity contribution in [3.63, 3.8) is 0 Å². The molecule has 4 rings (SSSR count). The number of H-pyrrole nitrogens is 2. The van der Waals surface area contributed by atoms with E-state index in [1.165, 1.54) is 16.7 Å². The van der Waals surface area contributed by atoms with Crippen molar-refractivity contribution in [2.45, 2.75) is 34.1 Å². The standard InChI is InChI=1S/C22H22N4O/c1-12-5-6-18(13(2)7-12)19-10-17-8-16(11-23-22(17)24-19)9-20(27)21-14(3)15(4)25-26-21/h5-8,10-11H,9H2,1-4H3,(H,23,24)(H,25,26). The van der Waals surface area contributed by atoms with Crippen molar-refractivity contribution in [3.8, 4) is 11.3 Å². The fourth-order valence-electron chi connectivity index (χ4n) is 3.44. The number of hydrogen-bond acceptors (Lipinski definition) is 3. The molecule has 0 aliphatic rings. The summed E-state index contributed by atoms with van der Waals surface area (Å²) < 4.78 is 0. The first-order valence-corrected chi connectivity index (χ1v) is 9.02. The number of hydrogen-bond donors (Lipinski definition) is 2. The molecule has 136 valence electrons. The van der Waals surface area contributed by atoms with E-state index >= 15 is 0 Å². The monoisotopic (exact) mass is 358 g/mol. The van der Waals surface area contributed by atoms with Gasteiger partial charge in [-0.25, -0.2) is 4.98 Å². The van der Waals surface area contributed by atoms with Crippen LogP contribution in [0.2, 0.25) is 0 Å². The Balaban J connectivity index is 1.65. The van der Waals surface area contributed by atoms with Crippen LogP contribution in [-0.4, -0.2) is 25.9 Å². The van der Waals surface area contributed by atoms with Gasteiger partial charge >= 0.3 is 0 Å². The van der Waals surface area contributed by atoms with Crippen LogP contribution in [0.4, 0.5) is 0 Å². The van der Waals surface area contributed by atoms with Gasteiger partial charge in [0.2, 0.25) is 0 Å². The van der Waals surface area contributed by atoms with Gasteiger partial charge in [-0.3, -0.25) is 9.89 Å². The van der Waals surface area contributed by atoms with E-state index in [1.807, 2.05) is 19.9 Å². The molecule has 0 saturated carbocycles. The highest BCUT2D eigenvalue weighted by Crippen LogP contribution is 2.27. The highest BCUT2D eigenvalue weighted by Gasteiger charge is 2.16. The summed E-state index contributed by atoms with van der Waals surface area (Å²) >= 11 is 0. The third kappa shape index (κ3) is 3.16. The zero-order valence-corrected chi connectivity index (χ0v) is 16.0. The van der Waals surface area contributed by atoms with Gasteiger partial charge in [0.15, 0.2) is 5.78 Å². The highest BCUT2D eigenvalue weighted by atomic mass is 16.1. The third-order valence-corrected chi connectivity index (χ3v) is 5.08. The van der Waals surface area contributed by atoms with Gasteiger partial charge in [-0.1, -0.05) is 23.8 Å². The topological polar surface area (TPSA) is 74.4 Å². The fourth-order valence-corrected chi connectivity index (χ4v) is 3.44. The minimum absolute atomic E-state index is 0.00291. The van der Waals surface area contributed by atoms with Crippen LogP contribution >= 0.6 is 0 Å². The Morgan fingerprint density at radius 1 is 1.07 bits per heavy atom. The molecular weight excluding hydrogens is 336 g/mol. The fraction of sp³-hybridized carbons (Fsp3) is 0.227. The van der Waals surface area contributed by atoms with E-state index in [-0.39, 0.29) is 12.2 Å². The van der Waals surface area contributed by atoms with Crippen LogP contribution in [0.5, 0.6) is 0 Å². The smallest absolute Gasteiger partial charge is 0.187 e. The summed E-state index contributed by atoms with van der Waals surface area (Å²) in [5.74, 6) is 0.00291. The molecular formula is C22H22N4O. The summed E-state index contributed by atoms with van der Waals surface area (Å²) in [7, 11) is 0. The SMILES string of the molecule is Cc1ccc(-c2cc3cc(CC(=O)c4n[nH]c(C)c4C)cnc3[nH]2)c(C)c1. The quantitative estimate of drug-likeness (QED) is 0.523. The van der Waals surface area contributed by atoms with E-state index < -0.39 is 0 Å². The maximum atomic E-state index is 12.6. The number of fused-ring (bicyclic) bond motifs is 1. The van der Waals surface area contributed by atoms with Crippen LogP contribution < -0.4 is 0 Å². The molecule has 0 atom stereocenters. The molecule has 2 N–H and O–H groups in total. The minimum Gasteiger partial charge on any atom is -0.339 e. The van der Waals surface area contributed by atoms with Gasteiger partial charge in [-0.05, 0) is 51.0 Å². The molecule has 0 amide bonds. The first kappa shape index (κ1) is 17.2. The molecule has 0 bridgehead atoms. The molecule has 0 aliphatic heterocycles. The molecule has 1 aromatic carbocycles. The number of carbonyl (C=O) groups is 1. The molecule has 0 spiro atoms. The van der Waals surface area contributed by atoms with Crippen molar-refractivity contribution in [2.75, 3.05) is 0 Å². The summed E-state index contributed by atoms with van der Waals surface area (Å²) in [5.41, 5.74) is 8.74. The molecule has 27 heavy (non-hydrogen) atoms. The molecule has 5 nitrogen and oxygen atoms in total. The number of carbonyl (C=O) groups excluding carboxylic acids is 1. The largest absolute Gasteiger partial charge is 0.339 e. The van der Waals surface area contributed by atoms with Crippen molar-refractivity contribution < 1.29 is 4.79 Å². The van der Waals surface area contributed by atoms with Crippen LogP contribution in [0.1, 0.15) is 38.4 Å². The first-order valence-electron chi connectivity index (χ1n) is 9.02. The zero-order valence-electron chi connectivity index (χ0n) is 16.0.